The van der Waals surface area contributed by atoms with E-state index in [9.17, 15) is 9.59 Å². The Morgan fingerprint density at radius 3 is 2.80 bits per heavy atom. The molecule has 0 spiro atoms. The number of benzene rings is 1. The number of hydrogen-bond acceptors (Lipinski definition) is 5. The number of hydrogen-bond donors (Lipinski definition) is 1. The molecule has 1 aromatic heterocycles. The fourth-order valence-electron chi connectivity index (χ4n) is 2.71. The van der Waals surface area contributed by atoms with E-state index in [-0.39, 0.29) is 24.8 Å². The first-order valence-electron chi connectivity index (χ1n) is 7.76. The van der Waals surface area contributed by atoms with E-state index in [0.717, 1.165) is 5.56 Å². The van der Waals surface area contributed by atoms with Gasteiger partial charge in [0.25, 0.3) is 5.56 Å². The van der Waals surface area contributed by atoms with Crippen LogP contribution in [0, 0.1) is 25.2 Å². The lowest BCUT2D eigenvalue weighted by Gasteiger charge is -2.12. The van der Waals surface area contributed by atoms with Crippen molar-refractivity contribution < 1.29 is 14.3 Å². The normalized spacial score (nSPS) is 11.9. The molecule has 128 valence electrons. The number of carbonyl (C=O) groups excluding carboxylic acids is 1. The quantitative estimate of drug-likeness (QED) is 0.908. The average Bonchev–Trinajstić information content (AvgIpc) is 3.04. The SMILES string of the molecule is Cc1cc(C)n(CC(=O)NCc2ccc3c(c2)OCO3)c(=O)c1C#N. The Morgan fingerprint density at radius 2 is 2.04 bits per heavy atom. The summed E-state index contributed by atoms with van der Waals surface area (Å²) >= 11 is 0. The molecule has 0 radical (unpaired) electrons. The second-order valence-electron chi connectivity index (χ2n) is 5.81. The third-order valence-electron chi connectivity index (χ3n) is 4.04. The first-order chi connectivity index (χ1) is 12.0. The number of rotatable bonds is 4. The third kappa shape index (κ3) is 3.33. The summed E-state index contributed by atoms with van der Waals surface area (Å²) in [6.45, 7) is 3.81. The summed E-state index contributed by atoms with van der Waals surface area (Å²) in [5.74, 6) is 1.02. The Hall–Kier alpha value is -3.27. The van der Waals surface area contributed by atoms with Crippen molar-refractivity contribution in [1.29, 1.82) is 5.26 Å². The van der Waals surface area contributed by atoms with Crippen LogP contribution in [0.3, 0.4) is 0 Å². The Kier molecular flexibility index (Phi) is 4.44. The lowest BCUT2D eigenvalue weighted by molar-refractivity contribution is -0.121. The van der Waals surface area contributed by atoms with Crippen molar-refractivity contribution in [3.05, 3.63) is 57.0 Å². The van der Waals surface area contributed by atoms with Gasteiger partial charge >= 0.3 is 0 Å². The van der Waals surface area contributed by atoms with Crippen molar-refractivity contribution in [3.63, 3.8) is 0 Å². The highest BCUT2D eigenvalue weighted by Crippen LogP contribution is 2.32. The summed E-state index contributed by atoms with van der Waals surface area (Å²) < 4.78 is 11.8. The van der Waals surface area contributed by atoms with Crippen LogP contribution in [0.2, 0.25) is 0 Å². The predicted molar refractivity (Wildman–Crippen MR) is 89.3 cm³/mol. The van der Waals surface area contributed by atoms with Gasteiger partial charge in [0.2, 0.25) is 12.7 Å². The molecule has 0 saturated heterocycles. The first kappa shape index (κ1) is 16.6. The number of aromatic nitrogens is 1. The number of nitrogens with one attached hydrogen (secondary N) is 1. The highest BCUT2D eigenvalue weighted by atomic mass is 16.7. The molecular formula is C18H17N3O4. The van der Waals surface area contributed by atoms with Gasteiger partial charge < -0.3 is 19.4 Å². The smallest absolute Gasteiger partial charge is 0.269 e. The molecule has 0 unspecified atom stereocenters. The van der Waals surface area contributed by atoms with Crippen LogP contribution in [-0.2, 0) is 17.9 Å². The van der Waals surface area contributed by atoms with Crippen molar-refractivity contribution in [2.75, 3.05) is 6.79 Å². The second kappa shape index (κ2) is 6.69. The first-order valence-corrected chi connectivity index (χ1v) is 7.76. The molecule has 7 heteroatoms. The number of nitrogens with zero attached hydrogens (tertiary/aromatic N) is 2. The van der Waals surface area contributed by atoms with Gasteiger partial charge in [-0.3, -0.25) is 9.59 Å². The van der Waals surface area contributed by atoms with E-state index in [1.54, 1.807) is 32.0 Å². The van der Waals surface area contributed by atoms with E-state index >= 15 is 0 Å². The average molecular weight is 339 g/mol. The minimum atomic E-state index is -0.446. The van der Waals surface area contributed by atoms with Gasteiger partial charge in [0, 0.05) is 12.2 Å². The largest absolute Gasteiger partial charge is 0.454 e. The standard InChI is InChI=1S/C18H17N3O4/c1-11-5-12(2)21(18(23)14(11)7-19)9-17(22)20-8-13-3-4-15-16(6-13)25-10-24-15/h3-6H,8-10H2,1-2H3,(H,20,22). The van der Waals surface area contributed by atoms with Gasteiger partial charge in [-0.15, -0.1) is 0 Å². The van der Waals surface area contributed by atoms with E-state index < -0.39 is 5.56 Å². The van der Waals surface area contributed by atoms with Crippen LogP contribution in [0.5, 0.6) is 11.5 Å². The van der Waals surface area contributed by atoms with Crippen LogP contribution in [-0.4, -0.2) is 17.3 Å². The Bertz CT molecular complexity index is 941. The minimum absolute atomic E-state index is 0.0640. The third-order valence-corrected chi connectivity index (χ3v) is 4.04. The zero-order chi connectivity index (χ0) is 18.0. The van der Waals surface area contributed by atoms with E-state index in [0.29, 0.717) is 29.3 Å². The Balaban J connectivity index is 1.69. The summed E-state index contributed by atoms with van der Waals surface area (Å²) in [6.07, 6.45) is 0. The number of aryl methyl sites for hydroxylation is 2. The van der Waals surface area contributed by atoms with Crippen molar-refractivity contribution in [2.45, 2.75) is 26.9 Å². The molecule has 1 amide bonds. The van der Waals surface area contributed by atoms with Crippen molar-refractivity contribution in [3.8, 4) is 17.6 Å². The molecule has 1 aliphatic heterocycles. The van der Waals surface area contributed by atoms with Gasteiger partial charge in [-0.2, -0.15) is 5.26 Å². The summed E-state index contributed by atoms with van der Waals surface area (Å²) in [5.41, 5.74) is 1.73. The van der Waals surface area contributed by atoms with Gasteiger partial charge in [0.15, 0.2) is 11.5 Å². The topological polar surface area (TPSA) is 93.3 Å². The number of ether oxygens (including phenoxy) is 2. The van der Waals surface area contributed by atoms with Crippen LogP contribution in [0.1, 0.15) is 22.4 Å². The molecule has 1 N–H and O–H groups in total. The zero-order valence-electron chi connectivity index (χ0n) is 14.0. The predicted octanol–water partition coefficient (Wildman–Crippen LogP) is 1.38. The van der Waals surface area contributed by atoms with Crippen LogP contribution in [0.15, 0.2) is 29.1 Å². The molecule has 0 bridgehead atoms. The highest BCUT2D eigenvalue weighted by Gasteiger charge is 2.15. The summed E-state index contributed by atoms with van der Waals surface area (Å²) in [4.78, 5) is 24.5. The van der Waals surface area contributed by atoms with E-state index in [4.69, 9.17) is 14.7 Å². The van der Waals surface area contributed by atoms with Crippen molar-refractivity contribution in [1.82, 2.24) is 9.88 Å². The monoisotopic (exact) mass is 339 g/mol. The fraction of sp³-hybridized carbons (Fsp3) is 0.278. The lowest BCUT2D eigenvalue weighted by atomic mass is 10.1. The molecular weight excluding hydrogens is 322 g/mol. The van der Waals surface area contributed by atoms with Gasteiger partial charge in [-0.05, 0) is 43.2 Å². The summed E-state index contributed by atoms with van der Waals surface area (Å²) in [5, 5.41) is 11.9. The van der Waals surface area contributed by atoms with Crippen LogP contribution in [0.25, 0.3) is 0 Å². The maximum atomic E-state index is 12.3. The van der Waals surface area contributed by atoms with E-state index in [2.05, 4.69) is 5.32 Å². The van der Waals surface area contributed by atoms with Crippen molar-refractivity contribution in [2.24, 2.45) is 0 Å². The van der Waals surface area contributed by atoms with Crippen LogP contribution >= 0.6 is 0 Å². The zero-order valence-corrected chi connectivity index (χ0v) is 14.0. The number of nitriles is 1. The lowest BCUT2D eigenvalue weighted by Crippen LogP contribution is -2.34. The molecule has 0 fully saturated rings. The molecule has 3 rings (SSSR count). The molecule has 2 heterocycles. The molecule has 25 heavy (non-hydrogen) atoms. The highest BCUT2D eigenvalue weighted by molar-refractivity contribution is 5.75. The van der Waals surface area contributed by atoms with Gasteiger partial charge in [-0.25, -0.2) is 0 Å². The van der Waals surface area contributed by atoms with Crippen LogP contribution in [0.4, 0.5) is 0 Å². The van der Waals surface area contributed by atoms with Gasteiger partial charge in [0.1, 0.15) is 18.2 Å². The number of amides is 1. The summed E-state index contributed by atoms with van der Waals surface area (Å²) in [7, 11) is 0. The Morgan fingerprint density at radius 1 is 1.28 bits per heavy atom. The van der Waals surface area contributed by atoms with Crippen molar-refractivity contribution >= 4 is 5.91 Å². The van der Waals surface area contributed by atoms with E-state index in [1.165, 1.54) is 4.57 Å². The molecule has 0 atom stereocenters. The van der Waals surface area contributed by atoms with Gasteiger partial charge in [0.05, 0.1) is 0 Å². The maximum absolute atomic E-state index is 12.3. The summed E-state index contributed by atoms with van der Waals surface area (Å²) in [6, 6.07) is 9.06. The molecule has 7 nitrogen and oxygen atoms in total. The molecule has 1 aromatic carbocycles. The van der Waals surface area contributed by atoms with E-state index in [1.807, 2.05) is 12.1 Å². The Labute approximate surface area is 144 Å². The second-order valence-corrected chi connectivity index (χ2v) is 5.81. The minimum Gasteiger partial charge on any atom is -0.454 e. The number of carbonyl (C=O) groups is 1. The van der Waals surface area contributed by atoms with Crippen LogP contribution < -0.4 is 20.3 Å². The molecule has 0 saturated carbocycles. The molecule has 1 aliphatic rings. The van der Waals surface area contributed by atoms with Gasteiger partial charge in [-0.1, -0.05) is 6.07 Å². The maximum Gasteiger partial charge on any atom is 0.269 e. The number of pyridine rings is 1. The number of fused-ring (bicyclic) bond motifs is 1. The molecule has 0 aliphatic carbocycles. The molecule has 2 aromatic rings. The fourth-order valence-corrected chi connectivity index (χ4v) is 2.71.